The first-order valence-corrected chi connectivity index (χ1v) is 5.73. The molecule has 2 aromatic rings. The predicted octanol–water partition coefficient (Wildman–Crippen LogP) is 2.65. The Balaban J connectivity index is 1.86. The van der Waals surface area contributed by atoms with E-state index in [0.717, 1.165) is 31.7 Å². The standard InChI is InChI=1S/C14H13NO2/c16-10-13-5-6-14(17-13)15-8-7-11-3-1-2-4-12(11)9-15/h1-6,10H,7-9H2. The molecule has 86 valence electrons. The van der Waals surface area contributed by atoms with Crippen molar-refractivity contribution in [3.8, 4) is 0 Å². The van der Waals surface area contributed by atoms with Gasteiger partial charge in [-0.15, -0.1) is 0 Å². The summed E-state index contributed by atoms with van der Waals surface area (Å²) < 4.78 is 5.45. The summed E-state index contributed by atoms with van der Waals surface area (Å²) in [4.78, 5) is 12.8. The van der Waals surface area contributed by atoms with Gasteiger partial charge in [0.25, 0.3) is 0 Å². The molecule has 0 fully saturated rings. The molecule has 1 aliphatic rings. The van der Waals surface area contributed by atoms with Crippen LogP contribution in [0.1, 0.15) is 21.7 Å². The molecule has 0 aliphatic carbocycles. The molecule has 1 aromatic heterocycles. The van der Waals surface area contributed by atoms with Crippen LogP contribution in [-0.4, -0.2) is 12.8 Å². The van der Waals surface area contributed by atoms with E-state index < -0.39 is 0 Å². The third-order valence-electron chi connectivity index (χ3n) is 3.17. The molecule has 0 unspecified atom stereocenters. The van der Waals surface area contributed by atoms with E-state index in [0.29, 0.717) is 5.76 Å². The van der Waals surface area contributed by atoms with Crippen molar-refractivity contribution in [2.75, 3.05) is 11.4 Å². The number of fused-ring (bicyclic) bond motifs is 1. The molecular weight excluding hydrogens is 214 g/mol. The Hall–Kier alpha value is -2.03. The Morgan fingerprint density at radius 2 is 1.94 bits per heavy atom. The number of carbonyl (C=O) groups excluding carboxylic acids is 1. The molecule has 0 N–H and O–H groups in total. The largest absolute Gasteiger partial charge is 0.438 e. The second-order valence-corrected chi connectivity index (χ2v) is 4.23. The molecule has 1 aliphatic heterocycles. The highest BCUT2D eigenvalue weighted by atomic mass is 16.4. The Morgan fingerprint density at radius 3 is 2.71 bits per heavy atom. The molecule has 2 heterocycles. The maximum Gasteiger partial charge on any atom is 0.196 e. The number of hydrogen-bond donors (Lipinski definition) is 0. The molecule has 3 heteroatoms. The Morgan fingerprint density at radius 1 is 1.12 bits per heavy atom. The summed E-state index contributed by atoms with van der Waals surface area (Å²) in [6, 6.07) is 12.0. The van der Waals surface area contributed by atoms with Crippen LogP contribution in [0.5, 0.6) is 0 Å². The van der Waals surface area contributed by atoms with Crippen LogP contribution in [0, 0.1) is 0 Å². The number of nitrogens with zero attached hydrogens (tertiary/aromatic N) is 1. The highest BCUT2D eigenvalue weighted by Gasteiger charge is 2.18. The van der Waals surface area contributed by atoms with Crippen molar-refractivity contribution in [2.24, 2.45) is 0 Å². The number of rotatable bonds is 2. The second-order valence-electron chi connectivity index (χ2n) is 4.23. The lowest BCUT2D eigenvalue weighted by molar-refractivity contribution is 0.110. The van der Waals surface area contributed by atoms with Crippen LogP contribution in [0.25, 0.3) is 0 Å². The molecule has 0 saturated heterocycles. The van der Waals surface area contributed by atoms with Gasteiger partial charge in [-0.25, -0.2) is 0 Å². The van der Waals surface area contributed by atoms with Gasteiger partial charge in [-0.2, -0.15) is 0 Å². The van der Waals surface area contributed by atoms with E-state index in [-0.39, 0.29) is 0 Å². The summed E-state index contributed by atoms with van der Waals surface area (Å²) in [6.07, 6.45) is 1.76. The summed E-state index contributed by atoms with van der Waals surface area (Å²) in [6.45, 7) is 1.78. The van der Waals surface area contributed by atoms with Crippen molar-refractivity contribution in [3.05, 3.63) is 53.3 Å². The van der Waals surface area contributed by atoms with E-state index in [2.05, 4.69) is 29.2 Å². The van der Waals surface area contributed by atoms with Crippen LogP contribution in [0.15, 0.2) is 40.8 Å². The number of anilines is 1. The van der Waals surface area contributed by atoms with Crippen LogP contribution < -0.4 is 4.90 Å². The Kier molecular flexibility index (Phi) is 2.44. The topological polar surface area (TPSA) is 33.5 Å². The highest BCUT2D eigenvalue weighted by molar-refractivity contribution is 5.71. The summed E-state index contributed by atoms with van der Waals surface area (Å²) >= 11 is 0. The summed E-state index contributed by atoms with van der Waals surface area (Å²) in [5, 5.41) is 0. The zero-order chi connectivity index (χ0) is 11.7. The third-order valence-corrected chi connectivity index (χ3v) is 3.17. The first-order valence-electron chi connectivity index (χ1n) is 5.73. The number of aldehydes is 1. The van der Waals surface area contributed by atoms with Gasteiger partial charge in [0.1, 0.15) is 0 Å². The minimum atomic E-state index is 0.388. The predicted molar refractivity (Wildman–Crippen MR) is 65.3 cm³/mol. The normalized spacial score (nSPS) is 14.5. The average molecular weight is 227 g/mol. The Labute approximate surface area is 99.7 Å². The van der Waals surface area contributed by atoms with Gasteiger partial charge >= 0.3 is 0 Å². The van der Waals surface area contributed by atoms with Crippen molar-refractivity contribution in [3.63, 3.8) is 0 Å². The molecule has 0 bridgehead atoms. The van der Waals surface area contributed by atoms with E-state index in [4.69, 9.17) is 4.42 Å². The Bertz CT molecular complexity index is 545. The second kappa shape index (κ2) is 4.09. The fraction of sp³-hybridized carbons (Fsp3) is 0.214. The SMILES string of the molecule is O=Cc1ccc(N2CCc3ccccc3C2)o1. The van der Waals surface area contributed by atoms with Gasteiger partial charge in [0.2, 0.25) is 0 Å². The van der Waals surface area contributed by atoms with Crippen molar-refractivity contribution < 1.29 is 9.21 Å². The maximum atomic E-state index is 10.6. The van der Waals surface area contributed by atoms with E-state index in [1.54, 1.807) is 6.07 Å². The van der Waals surface area contributed by atoms with Crippen LogP contribution >= 0.6 is 0 Å². The van der Waals surface area contributed by atoms with Gasteiger partial charge in [-0.05, 0) is 23.6 Å². The van der Waals surface area contributed by atoms with E-state index in [1.807, 2.05) is 6.07 Å². The molecule has 0 atom stereocenters. The van der Waals surface area contributed by atoms with Gasteiger partial charge in [-0.3, -0.25) is 4.79 Å². The van der Waals surface area contributed by atoms with Crippen molar-refractivity contribution >= 4 is 12.2 Å². The van der Waals surface area contributed by atoms with Gasteiger partial charge < -0.3 is 9.32 Å². The van der Waals surface area contributed by atoms with Crippen LogP contribution in [0.4, 0.5) is 5.88 Å². The monoisotopic (exact) mass is 227 g/mol. The fourth-order valence-electron chi connectivity index (χ4n) is 2.26. The van der Waals surface area contributed by atoms with Gasteiger partial charge in [-0.1, -0.05) is 24.3 Å². The van der Waals surface area contributed by atoms with Crippen molar-refractivity contribution in [1.82, 2.24) is 0 Å². The van der Waals surface area contributed by atoms with E-state index in [1.165, 1.54) is 11.1 Å². The van der Waals surface area contributed by atoms with Gasteiger partial charge in [0.05, 0.1) is 0 Å². The average Bonchev–Trinajstić information content (AvgIpc) is 2.87. The number of carbonyl (C=O) groups is 1. The minimum Gasteiger partial charge on any atom is -0.438 e. The van der Waals surface area contributed by atoms with Crippen LogP contribution in [0.2, 0.25) is 0 Å². The molecule has 17 heavy (non-hydrogen) atoms. The molecule has 3 rings (SSSR count). The molecular formula is C14H13NO2. The van der Waals surface area contributed by atoms with Crippen molar-refractivity contribution in [1.29, 1.82) is 0 Å². The first kappa shape index (κ1) is 10.1. The summed E-state index contributed by atoms with van der Waals surface area (Å²) in [7, 11) is 0. The summed E-state index contributed by atoms with van der Waals surface area (Å²) in [5.41, 5.74) is 2.74. The summed E-state index contributed by atoms with van der Waals surface area (Å²) in [5.74, 6) is 1.17. The first-order chi connectivity index (χ1) is 8.36. The third kappa shape index (κ3) is 1.84. The number of hydrogen-bond acceptors (Lipinski definition) is 3. The van der Waals surface area contributed by atoms with Gasteiger partial charge in [0.15, 0.2) is 17.9 Å². The smallest absolute Gasteiger partial charge is 0.196 e. The lowest BCUT2D eigenvalue weighted by Crippen LogP contribution is -2.29. The number of benzene rings is 1. The molecule has 1 aromatic carbocycles. The number of furan rings is 1. The lowest BCUT2D eigenvalue weighted by atomic mass is 10.0. The van der Waals surface area contributed by atoms with Gasteiger partial charge in [0, 0.05) is 19.2 Å². The molecule has 0 spiro atoms. The van der Waals surface area contributed by atoms with E-state index >= 15 is 0 Å². The molecule has 0 saturated carbocycles. The quantitative estimate of drug-likeness (QED) is 0.739. The van der Waals surface area contributed by atoms with Crippen LogP contribution in [-0.2, 0) is 13.0 Å². The lowest BCUT2D eigenvalue weighted by Gasteiger charge is -2.28. The minimum absolute atomic E-state index is 0.388. The van der Waals surface area contributed by atoms with Crippen molar-refractivity contribution in [2.45, 2.75) is 13.0 Å². The zero-order valence-electron chi connectivity index (χ0n) is 9.43. The molecule has 0 radical (unpaired) electrons. The highest BCUT2D eigenvalue weighted by Crippen LogP contribution is 2.25. The fourth-order valence-corrected chi connectivity index (χ4v) is 2.26. The molecule has 3 nitrogen and oxygen atoms in total. The molecule has 0 amide bonds. The van der Waals surface area contributed by atoms with E-state index in [9.17, 15) is 4.79 Å². The maximum absolute atomic E-state index is 10.6. The van der Waals surface area contributed by atoms with Crippen LogP contribution in [0.3, 0.4) is 0 Å². The zero-order valence-corrected chi connectivity index (χ0v) is 9.43.